The van der Waals surface area contributed by atoms with Gasteiger partial charge in [-0.1, -0.05) is 18.3 Å². The number of imide groups is 1. The fourth-order valence-electron chi connectivity index (χ4n) is 2.55. The minimum Gasteiger partial charge on any atom is -0.323 e. The summed E-state index contributed by atoms with van der Waals surface area (Å²) in [5.41, 5.74) is -0.866. The SMILES string of the molecule is CCc1nnc(NC(=O)CN2C(=O)NC(C)(C3CC3)C2=O)s1. The third kappa shape index (κ3) is 2.56. The van der Waals surface area contributed by atoms with Crippen LogP contribution in [0, 0.1) is 5.92 Å². The summed E-state index contributed by atoms with van der Waals surface area (Å²) in [6, 6.07) is -0.513. The van der Waals surface area contributed by atoms with Gasteiger partial charge in [-0.05, 0) is 32.1 Å². The van der Waals surface area contributed by atoms with Gasteiger partial charge in [0.05, 0.1) is 0 Å². The van der Waals surface area contributed by atoms with Crippen LogP contribution in [-0.2, 0) is 16.0 Å². The highest BCUT2D eigenvalue weighted by Gasteiger charge is 2.56. The molecule has 0 radical (unpaired) electrons. The second-order valence-corrected chi connectivity index (χ2v) is 6.76. The molecular formula is C13H17N5O3S. The summed E-state index contributed by atoms with van der Waals surface area (Å²) < 4.78 is 0. The second kappa shape index (κ2) is 5.31. The van der Waals surface area contributed by atoms with E-state index >= 15 is 0 Å². The zero-order valence-corrected chi connectivity index (χ0v) is 13.2. The van der Waals surface area contributed by atoms with Gasteiger partial charge in [0.25, 0.3) is 5.91 Å². The van der Waals surface area contributed by atoms with Crippen LogP contribution in [0.4, 0.5) is 9.93 Å². The smallest absolute Gasteiger partial charge is 0.323 e. The van der Waals surface area contributed by atoms with Crippen LogP contribution >= 0.6 is 11.3 Å². The number of rotatable bonds is 5. The summed E-state index contributed by atoms with van der Waals surface area (Å²) in [6.45, 7) is 3.35. The lowest BCUT2D eigenvalue weighted by Gasteiger charge is -2.20. The van der Waals surface area contributed by atoms with Crippen molar-refractivity contribution >= 4 is 34.3 Å². The molecule has 0 spiro atoms. The molecule has 1 saturated carbocycles. The van der Waals surface area contributed by atoms with E-state index in [1.165, 1.54) is 11.3 Å². The molecule has 2 aliphatic rings. The Labute approximate surface area is 131 Å². The lowest BCUT2D eigenvalue weighted by atomic mass is 9.96. The van der Waals surface area contributed by atoms with Gasteiger partial charge in [-0.25, -0.2) is 4.79 Å². The molecule has 1 aromatic rings. The molecule has 1 unspecified atom stereocenters. The molecule has 0 bridgehead atoms. The molecule has 2 heterocycles. The summed E-state index contributed by atoms with van der Waals surface area (Å²) in [4.78, 5) is 37.3. The predicted octanol–water partition coefficient (Wildman–Crippen LogP) is 0.759. The fourth-order valence-corrected chi connectivity index (χ4v) is 3.24. The Kier molecular flexibility index (Phi) is 3.59. The first kappa shape index (κ1) is 14.9. The van der Waals surface area contributed by atoms with Gasteiger partial charge < -0.3 is 5.32 Å². The standard InChI is InChI=1S/C13H17N5O3S/c1-3-9-16-17-11(22-9)14-8(19)6-18-10(20)13(2,7-4-5-7)15-12(18)21/h7H,3-6H2,1-2H3,(H,15,21)(H,14,17,19). The van der Waals surface area contributed by atoms with E-state index in [-0.39, 0.29) is 18.4 Å². The fraction of sp³-hybridized carbons (Fsp3) is 0.615. The number of urea groups is 1. The first-order valence-electron chi connectivity index (χ1n) is 7.20. The Hall–Kier alpha value is -2.03. The van der Waals surface area contributed by atoms with Gasteiger partial charge >= 0.3 is 6.03 Å². The van der Waals surface area contributed by atoms with Gasteiger partial charge in [0.1, 0.15) is 17.1 Å². The minimum atomic E-state index is -0.866. The monoisotopic (exact) mass is 323 g/mol. The zero-order valence-electron chi connectivity index (χ0n) is 12.4. The molecule has 3 rings (SSSR count). The number of aromatic nitrogens is 2. The highest BCUT2D eigenvalue weighted by atomic mass is 32.1. The van der Waals surface area contributed by atoms with E-state index in [0.717, 1.165) is 29.2 Å². The van der Waals surface area contributed by atoms with Crippen LogP contribution in [0.15, 0.2) is 0 Å². The van der Waals surface area contributed by atoms with E-state index in [9.17, 15) is 14.4 Å². The molecule has 1 aromatic heterocycles. The van der Waals surface area contributed by atoms with Crippen molar-refractivity contribution in [1.29, 1.82) is 0 Å². The number of amides is 4. The maximum absolute atomic E-state index is 12.4. The normalized spacial score (nSPS) is 24.5. The average molecular weight is 323 g/mol. The Morgan fingerprint density at radius 3 is 2.77 bits per heavy atom. The number of hydrogen-bond acceptors (Lipinski definition) is 6. The van der Waals surface area contributed by atoms with E-state index < -0.39 is 17.5 Å². The van der Waals surface area contributed by atoms with Crippen molar-refractivity contribution in [3.63, 3.8) is 0 Å². The molecule has 22 heavy (non-hydrogen) atoms. The number of carbonyl (C=O) groups is 3. The minimum absolute atomic E-state index is 0.173. The van der Waals surface area contributed by atoms with Crippen molar-refractivity contribution in [1.82, 2.24) is 20.4 Å². The summed E-state index contributed by atoms with van der Waals surface area (Å²) in [6.07, 6.45) is 2.58. The Morgan fingerprint density at radius 2 is 2.18 bits per heavy atom. The predicted molar refractivity (Wildman–Crippen MR) is 79.3 cm³/mol. The van der Waals surface area contributed by atoms with Gasteiger partial charge in [-0.3, -0.25) is 19.8 Å². The van der Waals surface area contributed by atoms with Gasteiger partial charge in [-0.15, -0.1) is 10.2 Å². The molecule has 2 fully saturated rings. The van der Waals surface area contributed by atoms with Gasteiger partial charge in [0.15, 0.2) is 0 Å². The molecule has 8 nitrogen and oxygen atoms in total. The second-order valence-electron chi connectivity index (χ2n) is 5.70. The van der Waals surface area contributed by atoms with Crippen molar-refractivity contribution in [3.05, 3.63) is 5.01 Å². The Bertz CT molecular complexity index is 641. The van der Waals surface area contributed by atoms with Crippen molar-refractivity contribution in [2.24, 2.45) is 5.92 Å². The van der Waals surface area contributed by atoms with Crippen LogP contribution in [0.1, 0.15) is 31.7 Å². The van der Waals surface area contributed by atoms with Crippen LogP contribution in [0.5, 0.6) is 0 Å². The van der Waals surface area contributed by atoms with Gasteiger partial charge in [0.2, 0.25) is 11.0 Å². The molecule has 0 aromatic carbocycles. The van der Waals surface area contributed by atoms with Crippen LogP contribution in [-0.4, -0.2) is 45.0 Å². The molecule has 1 aliphatic heterocycles. The van der Waals surface area contributed by atoms with E-state index in [0.29, 0.717) is 5.13 Å². The van der Waals surface area contributed by atoms with E-state index in [2.05, 4.69) is 20.8 Å². The number of carbonyl (C=O) groups excluding carboxylic acids is 3. The summed E-state index contributed by atoms with van der Waals surface area (Å²) in [5.74, 6) is -0.615. The van der Waals surface area contributed by atoms with Crippen molar-refractivity contribution in [2.75, 3.05) is 11.9 Å². The van der Waals surface area contributed by atoms with Gasteiger partial charge in [-0.2, -0.15) is 0 Å². The first-order chi connectivity index (χ1) is 10.4. The lowest BCUT2D eigenvalue weighted by Crippen LogP contribution is -2.46. The third-order valence-corrected chi connectivity index (χ3v) is 5.00. The molecule has 9 heteroatoms. The Morgan fingerprint density at radius 1 is 1.45 bits per heavy atom. The summed E-state index contributed by atoms with van der Waals surface area (Å²) >= 11 is 1.28. The van der Waals surface area contributed by atoms with Crippen LogP contribution in [0.2, 0.25) is 0 Å². The quantitative estimate of drug-likeness (QED) is 0.779. The van der Waals surface area contributed by atoms with E-state index in [1.54, 1.807) is 6.92 Å². The molecular weight excluding hydrogens is 306 g/mol. The van der Waals surface area contributed by atoms with E-state index in [1.807, 2.05) is 6.92 Å². The van der Waals surface area contributed by atoms with E-state index in [4.69, 9.17) is 0 Å². The molecule has 4 amide bonds. The number of nitrogens with one attached hydrogen (secondary N) is 2. The molecule has 1 atom stereocenters. The number of nitrogens with zero attached hydrogens (tertiary/aromatic N) is 3. The third-order valence-electron chi connectivity index (χ3n) is 4.01. The van der Waals surface area contributed by atoms with Crippen LogP contribution < -0.4 is 10.6 Å². The number of hydrogen-bond donors (Lipinski definition) is 2. The topological polar surface area (TPSA) is 104 Å². The Balaban J connectivity index is 1.63. The molecule has 2 N–H and O–H groups in total. The van der Waals surface area contributed by atoms with Crippen molar-refractivity contribution in [3.8, 4) is 0 Å². The van der Waals surface area contributed by atoms with Gasteiger partial charge in [0, 0.05) is 0 Å². The number of aryl methyl sites for hydroxylation is 1. The summed E-state index contributed by atoms with van der Waals surface area (Å²) in [5, 5.41) is 14.2. The van der Waals surface area contributed by atoms with Crippen LogP contribution in [0.3, 0.4) is 0 Å². The van der Waals surface area contributed by atoms with Crippen molar-refractivity contribution < 1.29 is 14.4 Å². The zero-order chi connectivity index (χ0) is 15.9. The summed E-state index contributed by atoms with van der Waals surface area (Å²) in [7, 11) is 0. The van der Waals surface area contributed by atoms with Crippen molar-refractivity contribution in [2.45, 2.75) is 38.6 Å². The highest BCUT2D eigenvalue weighted by Crippen LogP contribution is 2.42. The maximum atomic E-state index is 12.4. The molecule has 118 valence electrons. The van der Waals surface area contributed by atoms with Crippen LogP contribution in [0.25, 0.3) is 0 Å². The lowest BCUT2D eigenvalue weighted by molar-refractivity contribution is -0.134. The largest absolute Gasteiger partial charge is 0.325 e. The maximum Gasteiger partial charge on any atom is 0.325 e. The molecule has 1 saturated heterocycles. The first-order valence-corrected chi connectivity index (χ1v) is 8.02. The average Bonchev–Trinajstić information content (AvgIpc) is 3.21. The highest BCUT2D eigenvalue weighted by molar-refractivity contribution is 7.15. The number of anilines is 1. The molecule has 1 aliphatic carbocycles.